The van der Waals surface area contributed by atoms with Crippen LogP contribution >= 0.6 is 22.9 Å². The van der Waals surface area contributed by atoms with E-state index in [4.69, 9.17) is 11.6 Å². The molecule has 3 rings (SSSR count). The highest BCUT2D eigenvalue weighted by atomic mass is 35.5. The van der Waals surface area contributed by atoms with Gasteiger partial charge in [0.15, 0.2) is 0 Å². The molecular formula is C17H12ClF2NOS. The van der Waals surface area contributed by atoms with E-state index < -0.39 is 0 Å². The summed E-state index contributed by atoms with van der Waals surface area (Å²) < 4.78 is 26.8. The molecule has 1 amide bonds. The molecule has 0 bridgehead atoms. The molecule has 1 atom stereocenters. The van der Waals surface area contributed by atoms with Gasteiger partial charge in [-0.3, -0.25) is 4.79 Å². The normalized spacial score (nSPS) is 12.3. The van der Waals surface area contributed by atoms with E-state index in [-0.39, 0.29) is 23.6 Å². The molecule has 0 aliphatic carbocycles. The Morgan fingerprint density at radius 2 is 1.78 bits per heavy atom. The van der Waals surface area contributed by atoms with Crippen LogP contribution in [0.25, 0.3) is 10.1 Å². The molecule has 0 spiro atoms. The maximum Gasteiger partial charge on any atom is 0.263 e. The van der Waals surface area contributed by atoms with Crippen molar-refractivity contribution in [3.05, 3.63) is 69.6 Å². The Balaban J connectivity index is 1.85. The van der Waals surface area contributed by atoms with E-state index in [2.05, 4.69) is 5.32 Å². The third-order valence-corrected chi connectivity index (χ3v) is 5.17. The Morgan fingerprint density at radius 3 is 2.48 bits per heavy atom. The summed E-state index contributed by atoms with van der Waals surface area (Å²) in [6.45, 7) is 1.80. The fourth-order valence-electron chi connectivity index (χ4n) is 2.28. The summed E-state index contributed by atoms with van der Waals surface area (Å²) in [7, 11) is 0. The number of benzene rings is 2. The Bertz CT molecular complexity index is 876. The second kappa shape index (κ2) is 6.26. The summed E-state index contributed by atoms with van der Waals surface area (Å²) in [4.78, 5) is 12.8. The van der Waals surface area contributed by atoms with Crippen LogP contribution in [0.15, 0.2) is 42.5 Å². The SMILES string of the molecule is CC(NC(=O)c1sc2cc(F)ccc2c1Cl)c1ccc(F)cc1. The number of fused-ring (bicyclic) bond motifs is 1. The molecule has 1 aromatic heterocycles. The van der Waals surface area contributed by atoms with Crippen molar-refractivity contribution in [2.75, 3.05) is 0 Å². The van der Waals surface area contributed by atoms with Gasteiger partial charge in [-0.15, -0.1) is 11.3 Å². The van der Waals surface area contributed by atoms with Gasteiger partial charge in [0.05, 0.1) is 11.1 Å². The molecule has 1 N–H and O–H groups in total. The summed E-state index contributed by atoms with van der Waals surface area (Å²) in [5.74, 6) is -1.04. The number of hydrogen-bond acceptors (Lipinski definition) is 2. The zero-order chi connectivity index (χ0) is 16.6. The van der Waals surface area contributed by atoms with Crippen molar-refractivity contribution in [3.63, 3.8) is 0 Å². The summed E-state index contributed by atoms with van der Waals surface area (Å²) in [5, 5.41) is 3.78. The third-order valence-electron chi connectivity index (χ3n) is 3.52. The number of nitrogens with one attached hydrogen (secondary N) is 1. The lowest BCUT2D eigenvalue weighted by Gasteiger charge is -2.13. The predicted molar refractivity (Wildman–Crippen MR) is 89.1 cm³/mol. The molecule has 0 saturated heterocycles. The Morgan fingerprint density at radius 1 is 1.13 bits per heavy atom. The first-order chi connectivity index (χ1) is 11.0. The summed E-state index contributed by atoms with van der Waals surface area (Å²) in [6.07, 6.45) is 0. The van der Waals surface area contributed by atoms with Crippen molar-refractivity contribution >= 4 is 38.9 Å². The molecule has 1 unspecified atom stereocenters. The summed E-state index contributed by atoms with van der Waals surface area (Å²) in [6, 6.07) is 9.82. The van der Waals surface area contributed by atoms with Crippen LogP contribution in [-0.2, 0) is 0 Å². The van der Waals surface area contributed by atoms with E-state index in [1.807, 2.05) is 0 Å². The second-order valence-electron chi connectivity index (χ2n) is 5.13. The number of carbonyl (C=O) groups is 1. The highest BCUT2D eigenvalue weighted by molar-refractivity contribution is 7.21. The number of rotatable bonds is 3. The molecule has 1 heterocycles. The van der Waals surface area contributed by atoms with Gasteiger partial charge >= 0.3 is 0 Å². The van der Waals surface area contributed by atoms with Crippen LogP contribution < -0.4 is 5.32 Å². The van der Waals surface area contributed by atoms with E-state index in [1.165, 1.54) is 24.3 Å². The van der Waals surface area contributed by atoms with Crippen LogP contribution in [0.5, 0.6) is 0 Å². The van der Waals surface area contributed by atoms with Crippen LogP contribution in [0.1, 0.15) is 28.2 Å². The van der Waals surface area contributed by atoms with Gasteiger partial charge in [0.1, 0.15) is 16.5 Å². The average Bonchev–Trinajstić information content (AvgIpc) is 2.84. The van der Waals surface area contributed by atoms with Crippen LogP contribution in [0, 0.1) is 11.6 Å². The lowest BCUT2D eigenvalue weighted by Crippen LogP contribution is -2.26. The van der Waals surface area contributed by atoms with Gasteiger partial charge in [-0.05, 0) is 42.8 Å². The molecule has 0 radical (unpaired) electrons. The largest absolute Gasteiger partial charge is 0.345 e. The minimum absolute atomic E-state index is 0.305. The van der Waals surface area contributed by atoms with Crippen LogP contribution in [0.4, 0.5) is 8.78 Å². The molecule has 0 saturated carbocycles. The number of amides is 1. The van der Waals surface area contributed by atoms with Gasteiger partial charge in [0, 0.05) is 10.1 Å². The lowest BCUT2D eigenvalue weighted by atomic mass is 10.1. The summed E-state index contributed by atoms with van der Waals surface area (Å²) >= 11 is 7.37. The van der Waals surface area contributed by atoms with Gasteiger partial charge in [-0.1, -0.05) is 23.7 Å². The molecule has 23 heavy (non-hydrogen) atoms. The molecule has 6 heteroatoms. The number of halogens is 3. The molecule has 0 fully saturated rings. The predicted octanol–water partition coefficient (Wildman–Crippen LogP) is 5.32. The van der Waals surface area contributed by atoms with E-state index in [0.717, 1.165) is 16.9 Å². The molecule has 2 aromatic carbocycles. The summed E-state index contributed by atoms with van der Waals surface area (Å²) in [5.41, 5.74) is 0.781. The monoisotopic (exact) mass is 351 g/mol. The molecule has 118 valence electrons. The van der Waals surface area contributed by atoms with Gasteiger partial charge < -0.3 is 5.32 Å². The van der Waals surface area contributed by atoms with Gasteiger partial charge in [-0.25, -0.2) is 8.78 Å². The van der Waals surface area contributed by atoms with Crippen LogP contribution in [0.2, 0.25) is 5.02 Å². The number of hydrogen-bond donors (Lipinski definition) is 1. The fourth-order valence-corrected chi connectivity index (χ4v) is 3.73. The van der Waals surface area contributed by atoms with E-state index in [9.17, 15) is 13.6 Å². The first kappa shape index (κ1) is 15.9. The van der Waals surface area contributed by atoms with Crippen molar-refractivity contribution in [2.24, 2.45) is 0 Å². The first-order valence-corrected chi connectivity index (χ1v) is 8.09. The molecular weight excluding hydrogens is 340 g/mol. The maximum atomic E-state index is 13.3. The lowest BCUT2D eigenvalue weighted by molar-refractivity contribution is 0.0944. The highest BCUT2D eigenvalue weighted by Gasteiger charge is 2.19. The number of thiophene rings is 1. The van der Waals surface area contributed by atoms with Gasteiger partial charge in [0.25, 0.3) is 5.91 Å². The van der Waals surface area contributed by atoms with Crippen molar-refractivity contribution in [1.82, 2.24) is 5.32 Å². The minimum Gasteiger partial charge on any atom is -0.345 e. The zero-order valence-electron chi connectivity index (χ0n) is 12.1. The Kier molecular flexibility index (Phi) is 4.33. The first-order valence-electron chi connectivity index (χ1n) is 6.89. The van der Waals surface area contributed by atoms with E-state index >= 15 is 0 Å². The second-order valence-corrected chi connectivity index (χ2v) is 6.56. The highest BCUT2D eigenvalue weighted by Crippen LogP contribution is 2.35. The Labute approximate surface area is 140 Å². The molecule has 0 aliphatic heterocycles. The van der Waals surface area contributed by atoms with E-state index in [0.29, 0.717) is 20.0 Å². The van der Waals surface area contributed by atoms with Gasteiger partial charge in [0.2, 0.25) is 0 Å². The Hall–Kier alpha value is -1.98. The van der Waals surface area contributed by atoms with Gasteiger partial charge in [-0.2, -0.15) is 0 Å². The average molecular weight is 352 g/mol. The minimum atomic E-state index is -0.373. The molecule has 2 nitrogen and oxygen atoms in total. The van der Waals surface area contributed by atoms with Crippen molar-refractivity contribution in [2.45, 2.75) is 13.0 Å². The number of carbonyl (C=O) groups excluding carboxylic acids is 1. The van der Waals surface area contributed by atoms with Crippen molar-refractivity contribution in [1.29, 1.82) is 0 Å². The fraction of sp³-hybridized carbons (Fsp3) is 0.118. The van der Waals surface area contributed by atoms with E-state index in [1.54, 1.807) is 25.1 Å². The standard InChI is InChI=1S/C17H12ClF2NOS/c1-9(10-2-4-11(19)5-3-10)21-17(22)16-15(18)13-7-6-12(20)8-14(13)23-16/h2-9H,1H3,(H,21,22). The molecule has 3 aromatic rings. The quantitative estimate of drug-likeness (QED) is 0.679. The maximum absolute atomic E-state index is 13.3. The smallest absolute Gasteiger partial charge is 0.263 e. The van der Waals surface area contributed by atoms with Crippen LogP contribution in [-0.4, -0.2) is 5.91 Å². The van der Waals surface area contributed by atoms with Crippen LogP contribution in [0.3, 0.4) is 0 Å². The zero-order valence-corrected chi connectivity index (χ0v) is 13.6. The van der Waals surface area contributed by atoms with Crippen molar-refractivity contribution < 1.29 is 13.6 Å². The topological polar surface area (TPSA) is 29.1 Å². The molecule has 0 aliphatic rings. The third kappa shape index (κ3) is 3.21. The van der Waals surface area contributed by atoms with Crippen molar-refractivity contribution in [3.8, 4) is 0 Å².